The van der Waals surface area contributed by atoms with Crippen molar-refractivity contribution in [3.05, 3.63) is 94.0 Å². The number of ether oxygens (including phenoxy) is 1. The molecule has 0 saturated heterocycles. The Labute approximate surface area is 214 Å². The van der Waals surface area contributed by atoms with Gasteiger partial charge in [0.15, 0.2) is 0 Å². The lowest BCUT2D eigenvalue weighted by molar-refractivity contribution is 0.0619. The molecule has 3 aromatic carbocycles. The van der Waals surface area contributed by atoms with Crippen molar-refractivity contribution in [3.63, 3.8) is 0 Å². The Morgan fingerprint density at radius 3 is 2.28 bits per heavy atom. The van der Waals surface area contributed by atoms with Crippen LogP contribution in [0.4, 0.5) is 5.69 Å². The third-order valence-corrected chi connectivity index (χ3v) is 7.67. The molecule has 0 radical (unpaired) electrons. The fraction of sp³-hybridized carbons (Fsp3) is 0.345. The average Bonchev–Trinajstić information content (AvgIpc) is 2.78. The first-order valence-corrected chi connectivity index (χ1v) is 13.9. The summed E-state index contributed by atoms with van der Waals surface area (Å²) < 4.78 is 32.9. The van der Waals surface area contributed by atoms with Gasteiger partial charge >= 0.3 is 0 Å². The van der Waals surface area contributed by atoms with Gasteiger partial charge < -0.3 is 10.1 Å². The van der Waals surface area contributed by atoms with Gasteiger partial charge in [0.2, 0.25) is 10.0 Å². The summed E-state index contributed by atoms with van der Waals surface area (Å²) in [7, 11) is -3.51. The fourth-order valence-electron chi connectivity index (χ4n) is 4.83. The Morgan fingerprint density at radius 2 is 1.67 bits per heavy atom. The van der Waals surface area contributed by atoms with E-state index in [4.69, 9.17) is 4.74 Å². The van der Waals surface area contributed by atoms with Crippen LogP contribution in [0.15, 0.2) is 60.7 Å². The van der Waals surface area contributed by atoms with E-state index >= 15 is 0 Å². The van der Waals surface area contributed by atoms with Gasteiger partial charge in [-0.3, -0.25) is 9.10 Å². The van der Waals surface area contributed by atoms with E-state index < -0.39 is 15.6 Å². The molecule has 1 amide bonds. The smallest absolute Gasteiger partial charge is 0.251 e. The fourth-order valence-corrected chi connectivity index (χ4v) is 5.84. The summed E-state index contributed by atoms with van der Waals surface area (Å²) in [4.78, 5) is 13.2. The van der Waals surface area contributed by atoms with Gasteiger partial charge in [0.25, 0.3) is 5.91 Å². The Bertz CT molecular complexity index is 1380. The lowest BCUT2D eigenvalue weighted by atomic mass is 9.88. The van der Waals surface area contributed by atoms with Crippen LogP contribution in [-0.2, 0) is 16.6 Å². The summed E-state index contributed by atoms with van der Waals surface area (Å²) >= 11 is 0. The molecule has 0 unspecified atom stereocenters. The maximum absolute atomic E-state index is 13.2. The van der Waals surface area contributed by atoms with E-state index in [1.165, 1.54) is 10.6 Å². The monoisotopic (exact) mass is 506 g/mol. The molecule has 1 N–H and O–H groups in total. The standard InChI is InChI=1S/C29H34N2O4S/c1-19-10-15-26-24(16-19)25(17-29(4,5)35-26)30-28(32)23-13-11-22(12-14-23)18-31(36(6,33)34)27-20(2)8-7-9-21(27)3/h7-16,25H,17-18H2,1-6H3,(H,30,32)/t25-/m1/s1. The van der Waals surface area contributed by atoms with Crippen LogP contribution in [0.1, 0.15) is 64.5 Å². The van der Waals surface area contributed by atoms with Crippen molar-refractivity contribution in [2.45, 2.75) is 59.2 Å². The summed E-state index contributed by atoms with van der Waals surface area (Å²) in [6.45, 7) is 10.1. The molecule has 190 valence electrons. The molecule has 1 aliphatic heterocycles. The molecule has 1 heterocycles. The molecule has 4 rings (SSSR count). The van der Waals surface area contributed by atoms with Crippen LogP contribution >= 0.6 is 0 Å². The number of rotatable bonds is 6. The number of anilines is 1. The van der Waals surface area contributed by atoms with Crippen molar-refractivity contribution in [3.8, 4) is 5.75 Å². The Balaban J connectivity index is 1.55. The quantitative estimate of drug-likeness (QED) is 0.472. The second-order valence-electron chi connectivity index (χ2n) is 10.3. The first kappa shape index (κ1) is 25.8. The number of sulfonamides is 1. The number of benzene rings is 3. The Morgan fingerprint density at radius 1 is 1.03 bits per heavy atom. The Hall–Kier alpha value is -3.32. The molecule has 7 heteroatoms. The van der Waals surface area contributed by atoms with Crippen LogP contribution in [0.5, 0.6) is 5.75 Å². The van der Waals surface area contributed by atoms with Crippen molar-refractivity contribution in [2.75, 3.05) is 10.6 Å². The lowest BCUT2D eigenvalue weighted by Crippen LogP contribution is -2.41. The van der Waals surface area contributed by atoms with Crippen LogP contribution < -0.4 is 14.4 Å². The first-order chi connectivity index (χ1) is 16.8. The van der Waals surface area contributed by atoms with Gasteiger partial charge in [0.1, 0.15) is 11.4 Å². The highest BCUT2D eigenvalue weighted by atomic mass is 32.2. The van der Waals surface area contributed by atoms with Crippen LogP contribution in [0, 0.1) is 20.8 Å². The summed E-state index contributed by atoms with van der Waals surface area (Å²) in [5.74, 6) is 0.622. The third-order valence-electron chi connectivity index (χ3n) is 6.56. The van der Waals surface area contributed by atoms with Crippen molar-refractivity contribution in [2.24, 2.45) is 0 Å². The number of hydrogen-bond donors (Lipinski definition) is 1. The zero-order valence-corrected chi connectivity index (χ0v) is 22.6. The SMILES string of the molecule is Cc1ccc2c(c1)[C@H](NC(=O)c1ccc(CN(c3c(C)cccc3C)S(C)(=O)=O)cc1)CC(C)(C)O2. The molecule has 1 atom stereocenters. The van der Waals surface area contributed by atoms with Gasteiger partial charge in [0, 0.05) is 17.5 Å². The number of nitrogens with zero attached hydrogens (tertiary/aromatic N) is 1. The maximum atomic E-state index is 13.2. The molecule has 0 bridgehead atoms. The second-order valence-corrected chi connectivity index (χ2v) is 12.2. The molecule has 0 saturated carbocycles. The van der Waals surface area contributed by atoms with Gasteiger partial charge in [-0.15, -0.1) is 0 Å². The highest BCUT2D eigenvalue weighted by Gasteiger charge is 2.34. The predicted octanol–water partition coefficient (Wildman–Crippen LogP) is 5.61. The van der Waals surface area contributed by atoms with Crippen LogP contribution in [0.2, 0.25) is 0 Å². The van der Waals surface area contributed by atoms with E-state index in [1.807, 2.05) is 77.1 Å². The molecule has 1 aliphatic rings. The minimum atomic E-state index is -3.51. The van der Waals surface area contributed by atoms with Crippen molar-refractivity contribution in [1.29, 1.82) is 0 Å². The highest BCUT2D eigenvalue weighted by molar-refractivity contribution is 7.92. The van der Waals surface area contributed by atoms with Gasteiger partial charge in [-0.25, -0.2) is 8.42 Å². The van der Waals surface area contributed by atoms with E-state index in [0.717, 1.165) is 33.6 Å². The molecular formula is C29H34N2O4S. The third kappa shape index (κ3) is 5.57. The molecule has 0 spiro atoms. The lowest BCUT2D eigenvalue weighted by Gasteiger charge is -2.38. The Kier molecular flexibility index (Phi) is 6.88. The number of hydrogen-bond acceptors (Lipinski definition) is 4. The van der Waals surface area contributed by atoms with Crippen LogP contribution in [0.25, 0.3) is 0 Å². The van der Waals surface area contributed by atoms with Crippen LogP contribution in [-0.4, -0.2) is 26.2 Å². The van der Waals surface area contributed by atoms with E-state index in [-0.39, 0.29) is 18.5 Å². The topological polar surface area (TPSA) is 75.7 Å². The van der Waals surface area contributed by atoms with E-state index in [0.29, 0.717) is 17.7 Å². The summed E-state index contributed by atoms with van der Waals surface area (Å²) in [5, 5.41) is 3.17. The number of para-hydroxylation sites is 1. The molecule has 3 aromatic rings. The van der Waals surface area contributed by atoms with Gasteiger partial charge in [-0.05, 0) is 69.5 Å². The molecule has 36 heavy (non-hydrogen) atoms. The highest BCUT2D eigenvalue weighted by Crippen LogP contribution is 2.40. The number of carbonyl (C=O) groups is 1. The van der Waals surface area contributed by atoms with Crippen molar-refractivity contribution < 1.29 is 17.9 Å². The van der Waals surface area contributed by atoms with Crippen molar-refractivity contribution >= 4 is 21.6 Å². The first-order valence-electron chi connectivity index (χ1n) is 12.1. The maximum Gasteiger partial charge on any atom is 0.251 e. The van der Waals surface area contributed by atoms with E-state index in [9.17, 15) is 13.2 Å². The van der Waals surface area contributed by atoms with Gasteiger partial charge in [-0.2, -0.15) is 0 Å². The van der Waals surface area contributed by atoms with Crippen LogP contribution in [0.3, 0.4) is 0 Å². The van der Waals surface area contributed by atoms with Gasteiger partial charge in [0.05, 0.1) is 24.5 Å². The summed E-state index contributed by atoms with van der Waals surface area (Å²) in [6.07, 6.45) is 1.88. The normalized spacial score (nSPS) is 16.6. The largest absolute Gasteiger partial charge is 0.487 e. The molecule has 0 aromatic heterocycles. The van der Waals surface area contributed by atoms with E-state index in [1.54, 1.807) is 12.1 Å². The predicted molar refractivity (Wildman–Crippen MR) is 144 cm³/mol. The minimum absolute atomic E-state index is 0.166. The minimum Gasteiger partial charge on any atom is -0.487 e. The summed E-state index contributed by atoms with van der Waals surface area (Å²) in [6, 6.07) is 18.7. The molecule has 6 nitrogen and oxygen atoms in total. The molecule has 0 aliphatic carbocycles. The number of amides is 1. The van der Waals surface area contributed by atoms with Gasteiger partial charge in [-0.1, -0.05) is 48.0 Å². The average molecular weight is 507 g/mol. The second kappa shape index (κ2) is 9.62. The zero-order chi connectivity index (χ0) is 26.3. The number of aryl methyl sites for hydroxylation is 3. The van der Waals surface area contributed by atoms with Crippen molar-refractivity contribution in [1.82, 2.24) is 5.32 Å². The number of fused-ring (bicyclic) bond motifs is 1. The summed E-state index contributed by atoms with van der Waals surface area (Å²) in [5.41, 5.74) is 5.50. The zero-order valence-electron chi connectivity index (χ0n) is 21.8. The number of carbonyl (C=O) groups excluding carboxylic acids is 1. The molecular weight excluding hydrogens is 472 g/mol. The molecule has 0 fully saturated rings. The van der Waals surface area contributed by atoms with E-state index in [2.05, 4.69) is 11.4 Å². The number of nitrogens with one attached hydrogen (secondary N) is 1.